The lowest BCUT2D eigenvalue weighted by atomic mass is 9.97. The maximum absolute atomic E-state index is 13.0. The van der Waals surface area contributed by atoms with Gasteiger partial charge in [0.25, 0.3) is 0 Å². The van der Waals surface area contributed by atoms with E-state index in [2.05, 4.69) is 0 Å². The van der Waals surface area contributed by atoms with E-state index in [4.69, 9.17) is 0 Å². The van der Waals surface area contributed by atoms with Crippen molar-refractivity contribution in [2.45, 2.75) is 17.9 Å². The first-order chi connectivity index (χ1) is 8.61. The van der Waals surface area contributed by atoms with Crippen molar-refractivity contribution in [1.82, 2.24) is 0 Å². The minimum Gasteiger partial charge on any atom is -0.384 e. The van der Waals surface area contributed by atoms with Gasteiger partial charge < -0.3 is 5.11 Å². The second kappa shape index (κ2) is 5.55. The summed E-state index contributed by atoms with van der Waals surface area (Å²) >= 11 is 1.66. The van der Waals surface area contributed by atoms with E-state index >= 15 is 0 Å². The summed E-state index contributed by atoms with van der Waals surface area (Å²) < 4.78 is 13.0. The van der Waals surface area contributed by atoms with Crippen LogP contribution in [0.3, 0.4) is 0 Å². The van der Waals surface area contributed by atoms with Gasteiger partial charge in [-0.05, 0) is 54.1 Å². The van der Waals surface area contributed by atoms with Crippen molar-refractivity contribution >= 4 is 11.8 Å². The normalized spacial score (nSPS) is 12.4. The molecule has 0 aliphatic rings. The summed E-state index contributed by atoms with van der Waals surface area (Å²) in [4.78, 5) is 1.15. The van der Waals surface area contributed by atoms with Crippen LogP contribution in [0, 0.1) is 12.7 Å². The van der Waals surface area contributed by atoms with Gasteiger partial charge in [-0.15, -0.1) is 11.8 Å². The molecule has 2 rings (SSSR count). The molecule has 0 radical (unpaired) electrons. The second-order valence-corrected chi connectivity index (χ2v) is 5.06. The van der Waals surface area contributed by atoms with E-state index in [1.807, 2.05) is 30.5 Å². The Bertz CT molecular complexity index is 537. The molecule has 94 valence electrons. The summed E-state index contributed by atoms with van der Waals surface area (Å²) in [5.74, 6) is -0.277. The van der Waals surface area contributed by atoms with E-state index in [0.29, 0.717) is 0 Å². The summed E-state index contributed by atoms with van der Waals surface area (Å²) in [6, 6.07) is 12.2. The lowest BCUT2D eigenvalue weighted by Gasteiger charge is -2.14. The fraction of sp³-hybridized carbons (Fsp3) is 0.200. The first-order valence-corrected chi connectivity index (χ1v) is 6.92. The molecule has 1 atom stereocenters. The molecule has 0 spiro atoms. The highest BCUT2D eigenvalue weighted by molar-refractivity contribution is 7.98. The van der Waals surface area contributed by atoms with Crippen LogP contribution < -0.4 is 0 Å². The van der Waals surface area contributed by atoms with E-state index in [1.165, 1.54) is 12.1 Å². The van der Waals surface area contributed by atoms with Gasteiger partial charge in [0.2, 0.25) is 0 Å². The molecule has 2 aromatic rings. The molecule has 1 nitrogen and oxygen atoms in total. The van der Waals surface area contributed by atoms with Crippen LogP contribution in [0.2, 0.25) is 0 Å². The maximum Gasteiger partial charge on any atom is 0.123 e. The third kappa shape index (κ3) is 2.74. The number of hydrogen-bond donors (Lipinski definition) is 1. The summed E-state index contributed by atoms with van der Waals surface area (Å²) in [5, 5.41) is 10.3. The molecule has 0 heterocycles. The fourth-order valence-electron chi connectivity index (χ4n) is 1.91. The smallest absolute Gasteiger partial charge is 0.123 e. The van der Waals surface area contributed by atoms with E-state index in [-0.39, 0.29) is 5.82 Å². The van der Waals surface area contributed by atoms with E-state index in [1.54, 1.807) is 24.8 Å². The zero-order valence-corrected chi connectivity index (χ0v) is 11.2. The number of aryl methyl sites for hydroxylation is 1. The minimum atomic E-state index is -0.707. The van der Waals surface area contributed by atoms with Crippen LogP contribution in [0.4, 0.5) is 4.39 Å². The van der Waals surface area contributed by atoms with Gasteiger partial charge in [-0.3, -0.25) is 0 Å². The molecule has 1 N–H and O–H groups in total. The molecule has 3 heteroatoms. The van der Waals surface area contributed by atoms with Crippen molar-refractivity contribution in [3.8, 4) is 0 Å². The summed E-state index contributed by atoms with van der Waals surface area (Å²) in [6.45, 7) is 1.80. The Hall–Kier alpha value is -1.32. The van der Waals surface area contributed by atoms with Crippen LogP contribution in [0.25, 0.3) is 0 Å². The number of aliphatic hydroxyl groups excluding tert-OH is 1. The van der Waals surface area contributed by atoms with Gasteiger partial charge in [0.15, 0.2) is 0 Å². The number of thioether (sulfide) groups is 1. The number of aliphatic hydroxyl groups is 1. The molecule has 18 heavy (non-hydrogen) atoms. The highest BCUT2D eigenvalue weighted by atomic mass is 32.2. The third-order valence-corrected chi connectivity index (χ3v) is 3.70. The first-order valence-electron chi connectivity index (χ1n) is 5.70. The van der Waals surface area contributed by atoms with Gasteiger partial charge in [-0.1, -0.05) is 18.2 Å². The van der Waals surface area contributed by atoms with E-state index < -0.39 is 6.10 Å². The van der Waals surface area contributed by atoms with Crippen molar-refractivity contribution in [1.29, 1.82) is 0 Å². The maximum atomic E-state index is 13.0. The lowest BCUT2D eigenvalue weighted by Crippen LogP contribution is -2.02. The van der Waals surface area contributed by atoms with Crippen LogP contribution in [0.5, 0.6) is 0 Å². The van der Waals surface area contributed by atoms with Crippen LogP contribution in [-0.2, 0) is 0 Å². The van der Waals surface area contributed by atoms with Crippen LogP contribution in [0.15, 0.2) is 47.4 Å². The van der Waals surface area contributed by atoms with Crippen LogP contribution in [-0.4, -0.2) is 11.4 Å². The molecule has 0 aliphatic heterocycles. The zero-order valence-electron chi connectivity index (χ0n) is 10.4. The third-order valence-electron chi connectivity index (χ3n) is 2.96. The van der Waals surface area contributed by atoms with Crippen LogP contribution >= 0.6 is 11.8 Å². The topological polar surface area (TPSA) is 20.2 Å². The van der Waals surface area contributed by atoms with Gasteiger partial charge in [0.1, 0.15) is 11.9 Å². The Balaban J connectivity index is 2.31. The molecule has 0 amide bonds. The highest BCUT2D eigenvalue weighted by Crippen LogP contribution is 2.26. The molecule has 0 bridgehead atoms. The Labute approximate surface area is 111 Å². The van der Waals surface area contributed by atoms with Gasteiger partial charge in [-0.2, -0.15) is 0 Å². The van der Waals surface area contributed by atoms with Gasteiger partial charge in [-0.25, -0.2) is 4.39 Å². The summed E-state index contributed by atoms with van der Waals surface area (Å²) in [5.41, 5.74) is 2.33. The number of benzene rings is 2. The largest absolute Gasteiger partial charge is 0.384 e. The van der Waals surface area contributed by atoms with E-state index in [9.17, 15) is 9.50 Å². The number of hydrogen-bond acceptors (Lipinski definition) is 2. The summed E-state index contributed by atoms with van der Waals surface area (Å²) in [6.07, 6.45) is 1.30. The van der Waals surface area contributed by atoms with Gasteiger partial charge >= 0.3 is 0 Å². The molecular formula is C15H15FOS. The molecule has 2 aromatic carbocycles. The Morgan fingerprint density at radius 1 is 1.11 bits per heavy atom. The summed E-state index contributed by atoms with van der Waals surface area (Å²) in [7, 11) is 0. The van der Waals surface area contributed by atoms with Crippen molar-refractivity contribution in [3.05, 3.63) is 65.0 Å². The van der Waals surface area contributed by atoms with Gasteiger partial charge in [0.05, 0.1) is 0 Å². The van der Waals surface area contributed by atoms with E-state index in [0.717, 1.165) is 21.6 Å². The predicted octanol–water partition coefficient (Wildman–Crippen LogP) is 3.94. The molecule has 0 aromatic heterocycles. The van der Waals surface area contributed by atoms with Gasteiger partial charge in [0, 0.05) is 4.90 Å². The molecular weight excluding hydrogens is 247 g/mol. The molecule has 0 saturated carbocycles. The minimum absolute atomic E-state index is 0.277. The van der Waals surface area contributed by atoms with Crippen molar-refractivity contribution in [2.24, 2.45) is 0 Å². The van der Waals surface area contributed by atoms with Crippen LogP contribution in [0.1, 0.15) is 22.8 Å². The fourth-order valence-corrected chi connectivity index (χ4v) is 2.32. The standard InChI is InChI=1S/C15H15FOS/c1-10-9-12(16)5-8-14(10)15(17)11-3-6-13(18-2)7-4-11/h3-9,15,17H,1-2H3. The van der Waals surface area contributed by atoms with Crippen molar-refractivity contribution in [3.63, 3.8) is 0 Å². The van der Waals surface area contributed by atoms with Crippen molar-refractivity contribution in [2.75, 3.05) is 6.26 Å². The Morgan fingerprint density at radius 2 is 1.78 bits per heavy atom. The number of rotatable bonds is 3. The van der Waals surface area contributed by atoms with Crippen molar-refractivity contribution < 1.29 is 9.50 Å². The SMILES string of the molecule is CSc1ccc(C(O)c2ccc(F)cc2C)cc1. The number of halogens is 1. The molecule has 0 aliphatic carbocycles. The molecule has 0 saturated heterocycles. The lowest BCUT2D eigenvalue weighted by molar-refractivity contribution is 0.219. The second-order valence-electron chi connectivity index (χ2n) is 4.18. The Morgan fingerprint density at radius 3 is 2.33 bits per heavy atom. The zero-order chi connectivity index (χ0) is 13.1. The first kappa shape index (κ1) is 13.1. The predicted molar refractivity (Wildman–Crippen MR) is 73.4 cm³/mol. The quantitative estimate of drug-likeness (QED) is 0.845. The average Bonchev–Trinajstić information content (AvgIpc) is 2.38. The average molecular weight is 262 g/mol. The highest BCUT2D eigenvalue weighted by Gasteiger charge is 2.13. The molecule has 1 unspecified atom stereocenters. The Kier molecular flexibility index (Phi) is 4.04. The monoisotopic (exact) mass is 262 g/mol. The molecule has 0 fully saturated rings.